The quantitative estimate of drug-likeness (QED) is 0.374. The Morgan fingerprint density at radius 2 is 2.05 bits per heavy atom. The van der Waals surface area contributed by atoms with E-state index in [2.05, 4.69) is 22.5 Å². The van der Waals surface area contributed by atoms with Gasteiger partial charge in [-0.2, -0.15) is 0 Å². The van der Waals surface area contributed by atoms with Crippen molar-refractivity contribution in [2.45, 2.75) is 6.10 Å². The molecule has 1 aromatic rings. The molecule has 0 saturated carbocycles. The third-order valence-electron chi connectivity index (χ3n) is 2.56. The summed E-state index contributed by atoms with van der Waals surface area (Å²) in [5.41, 5.74) is 0. The maximum atomic E-state index is 11.2. The highest BCUT2D eigenvalue weighted by Gasteiger charge is 2.04. The van der Waals surface area contributed by atoms with Crippen LogP contribution >= 0.6 is 0 Å². The number of nitrogens with one attached hydrogen (secondary N) is 3. The Bertz CT molecular complexity index is 412. The van der Waals surface area contributed by atoms with Crippen LogP contribution in [0.25, 0.3) is 0 Å². The summed E-state index contributed by atoms with van der Waals surface area (Å²) in [4.78, 5) is 11.2. The number of carbonyl (C=O) groups is 1. The highest BCUT2D eigenvalue weighted by atomic mass is 16.5. The van der Waals surface area contributed by atoms with Crippen LogP contribution < -0.4 is 20.7 Å². The summed E-state index contributed by atoms with van der Waals surface area (Å²) < 4.78 is 5.43. The average Bonchev–Trinajstić information content (AvgIpc) is 2.51. The van der Waals surface area contributed by atoms with Crippen LogP contribution in [0.2, 0.25) is 0 Å². The number of benzene rings is 1. The summed E-state index contributed by atoms with van der Waals surface area (Å²) in [5.74, 6) is 0.733. The number of aliphatic hydroxyl groups is 1. The van der Waals surface area contributed by atoms with E-state index in [-0.39, 0.29) is 12.6 Å². The zero-order valence-corrected chi connectivity index (χ0v) is 12.0. The Hall–Kier alpha value is -2.05. The van der Waals surface area contributed by atoms with Crippen molar-refractivity contribution in [3.05, 3.63) is 43.0 Å². The number of para-hydroxylation sites is 1. The van der Waals surface area contributed by atoms with Gasteiger partial charge in [0.05, 0.1) is 0 Å². The molecule has 0 aromatic heterocycles. The smallest absolute Gasteiger partial charge is 0.315 e. The minimum absolute atomic E-state index is 0.226. The van der Waals surface area contributed by atoms with Crippen LogP contribution in [-0.2, 0) is 0 Å². The van der Waals surface area contributed by atoms with Crippen molar-refractivity contribution in [1.82, 2.24) is 16.0 Å². The van der Waals surface area contributed by atoms with Crippen LogP contribution in [0.5, 0.6) is 5.75 Å². The molecule has 0 bridgehead atoms. The van der Waals surface area contributed by atoms with E-state index in [1.807, 2.05) is 30.3 Å². The zero-order chi connectivity index (χ0) is 15.3. The molecule has 2 amide bonds. The molecule has 4 N–H and O–H groups in total. The van der Waals surface area contributed by atoms with Crippen LogP contribution in [0.3, 0.4) is 0 Å². The van der Waals surface area contributed by atoms with Crippen molar-refractivity contribution >= 4 is 6.03 Å². The van der Waals surface area contributed by atoms with Gasteiger partial charge in [0.15, 0.2) is 0 Å². The van der Waals surface area contributed by atoms with Gasteiger partial charge in [0, 0.05) is 26.2 Å². The van der Waals surface area contributed by atoms with Crippen molar-refractivity contribution in [3.63, 3.8) is 0 Å². The second-order valence-corrected chi connectivity index (χ2v) is 4.41. The van der Waals surface area contributed by atoms with E-state index in [4.69, 9.17) is 4.74 Å². The maximum Gasteiger partial charge on any atom is 0.315 e. The summed E-state index contributed by atoms with van der Waals surface area (Å²) >= 11 is 0. The number of ether oxygens (including phenoxy) is 1. The van der Waals surface area contributed by atoms with E-state index in [1.165, 1.54) is 0 Å². The third kappa shape index (κ3) is 8.67. The van der Waals surface area contributed by atoms with Gasteiger partial charge in [0.1, 0.15) is 18.5 Å². The number of aliphatic hydroxyl groups excluding tert-OH is 1. The normalized spacial score (nSPS) is 11.5. The first-order valence-corrected chi connectivity index (χ1v) is 6.91. The van der Waals surface area contributed by atoms with Gasteiger partial charge in [0.2, 0.25) is 0 Å². The van der Waals surface area contributed by atoms with Gasteiger partial charge in [-0.05, 0) is 12.1 Å². The summed E-state index contributed by atoms with van der Waals surface area (Å²) in [5, 5.41) is 18.1. The highest BCUT2D eigenvalue weighted by molar-refractivity contribution is 5.73. The molecule has 0 aliphatic rings. The van der Waals surface area contributed by atoms with Gasteiger partial charge < -0.3 is 25.8 Å². The van der Waals surface area contributed by atoms with Gasteiger partial charge in [-0.1, -0.05) is 24.3 Å². The SMILES string of the molecule is C=CCNC(=O)NCCNC[C@@H](O)COc1ccccc1. The lowest BCUT2D eigenvalue weighted by Gasteiger charge is -2.13. The first kappa shape index (κ1) is 17.0. The number of urea groups is 1. The molecule has 0 radical (unpaired) electrons. The van der Waals surface area contributed by atoms with Gasteiger partial charge in [-0.25, -0.2) is 4.79 Å². The van der Waals surface area contributed by atoms with Gasteiger partial charge in [0.25, 0.3) is 0 Å². The largest absolute Gasteiger partial charge is 0.491 e. The number of rotatable bonds is 10. The first-order valence-electron chi connectivity index (χ1n) is 6.91. The summed E-state index contributed by atoms with van der Waals surface area (Å²) in [6, 6.07) is 9.11. The lowest BCUT2D eigenvalue weighted by atomic mass is 10.3. The molecule has 0 aliphatic carbocycles. The highest BCUT2D eigenvalue weighted by Crippen LogP contribution is 2.08. The fourth-order valence-corrected chi connectivity index (χ4v) is 1.53. The lowest BCUT2D eigenvalue weighted by molar-refractivity contribution is 0.106. The summed E-state index contributed by atoms with van der Waals surface area (Å²) in [6.07, 6.45) is 1.01. The minimum Gasteiger partial charge on any atom is -0.491 e. The predicted octanol–water partition coefficient (Wildman–Crippen LogP) is 0.501. The molecule has 6 nitrogen and oxygen atoms in total. The molecule has 116 valence electrons. The second kappa shape index (κ2) is 10.7. The van der Waals surface area contributed by atoms with Crippen LogP contribution in [0, 0.1) is 0 Å². The van der Waals surface area contributed by atoms with Crippen molar-refractivity contribution in [2.24, 2.45) is 0 Å². The van der Waals surface area contributed by atoms with Gasteiger partial charge >= 0.3 is 6.03 Å². The molecular formula is C15H23N3O3. The molecule has 1 atom stereocenters. The summed E-state index contributed by atoms with van der Waals surface area (Å²) in [6.45, 7) is 5.63. The Balaban J connectivity index is 1.99. The van der Waals surface area contributed by atoms with E-state index in [0.29, 0.717) is 26.2 Å². The molecule has 0 unspecified atom stereocenters. The molecule has 6 heteroatoms. The van der Waals surface area contributed by atoms with E-state index < -0.39 is 6.10 Å². The van der Waals surface area contributed by atoms with Gasteiger partial charge in [-0.3, -0.25) is 0 Å². The first-order chi connectivity index (χ1) is 10.2. The number of amides is 2. The van der Waals surface area contributed by atoms with Crippen LogP contribution in [0.1, 0.15) is 0 Å². The summed E-state index contributed by atoms with van der Waals surface area (Å²) in [7, 11) is 0. The van der Waals surface area contributed by atoms with E-state index in [0.717, 1.165) is 5.75 Å². The molecule has 21 heavy (non-hydrogen) atoms. The molecule has 0 spiro atoms. The van der Waals surface area contributed by atoms with Crippen molar-refractivity contribution in [3.8, 4) is 5.75 Å². The van der Waals surface area contributed by atoms with Crippen LogP contribution in [0.15, 0.2) is 43.0 Å². The second-order valence-electron chi connectivity index (χ2n) is 4.41. The van der Waals surface area contributed by atoms with Crippen molar-refractivity contribution in [2.75, 3.05) is 32.8 Å². The Labute approximate surface area is 125 Å². The average molecular weight is 293 g/mol. The van der Waals surface area contributed by atoms with Crippen molar-refractivity contribution < 1.29 is 14.6 Å². The fourth-order valence-electron chi connectivity index (χ4n) is 1.53. The molecule has 0 heterocycles. The Kier molecular flexibility index (Phi) is 8.67. The number of hydrogen-bond acceptors (Lipinski definition) is 4. The number of hydrogen-bond donors (Lipinski definition) is 4. The topological polar surface area (TPSA) is 82.6 Å². The molecule has 0 saturated heterocycles. The van der Waals surface area contributed by atoms with Crippen LogP contribution in [-0.4, -0.2) is 50.0 Å². The minimum atomic E-state index is -0.597. The molecule has 0 fully saturated rings. The Morgan fingerprint density at radius 1 is 1.29 bits per heavy atom. The fraction of sp³-hybridized carbons (Fsp3) is 0.400. The number of carbonyl (C=O) groups excluding carboxylic acids is 1. The lowest BCUT2D eigenvalue weighted by Crippen LogP contribution is -2.41. The van der Waals surface area contributed by atoms with Crippen molar-refractivity contribution in [1.29, 1.82) is 0 Å². The van der Waals surface area contributed by atoms with Crippen LogP contribution in [0.4, 0.5) is 4.79 Å². The zero-order valence-electron chi connectivity index (χ0n) is 12.0. The molecule has 1 aromatic carbocycles. The monoisotopic (exact) mass is 293 g/mol. The third-order valence-corrected chi connectivity index (χ3v) is 2.56. The standard InChI is InChI=1S/C15H23N3O3/c1-2-8-17-15(20)18-10-9-16-11-13(19)12-21-14-6-4-3-5-7-14/h2-7,13,16,19H,1,8-12H2,(H2,17,18,20)/t13-/m1/s1. The van der Waals surface area contributed by atoms with Gasteiger partial charge in [-0.15, -0.1) is 6.58 Å². The predicted molar refractivity (Wildman–Crippen MR) is 82.4 cm³/mol. The molecular weight excluding hydrogens is 270 g/mol. The maximum absolute atomic E-state index is 11.2. The Morgan fingerprint density at radius 3 is 2.76 bits per heavy atom. The van der Waals surface area contributed by atoms with E-state index in [9.17, 15) is 9.90 Å². The van der Waals surface area contributed by atoms with E-state index in [1.54, 1.807) is 6.08 Å². The molecule has 0 aliphatic heterocycles. The molecule has 1 rings (SSSR count). The van der Waals surface area contributed by atoms with E-state index >= 15 is 0 Å².